The molecule has 114 valence electrons. The van der Waals surface area contributed by atoms with Crippen LogP contribution >= 0.6 is 0 Å². The maximum absolute atomic E-state index is 5.68. The molecule has 1 aliphatic heterocycles. The SMILES string of the molecule is C#Cc1ccc2c(c1)OCCOCCOCCOCCO2. The van der Waals surface area contributed by atoms with Gasteiger partial charge in [-0.15, -0.1) is 6.42 Å². The third kappa shape index (κ3) is 5.64. The Morgan fingerprint density at radius 1 is 0.714 bits per heavy atom. The monoisotopic (exact) mass is 292 g/mol. The quantitative estimate of drug-likeness (QED) is 0.678. The first-order valence-corrected chi connectivity index (χ1v) is 6.99. The maximum atomic E-state index is 5.68. The molecule has 1 aromatic carbocycles. The van der Waals surface area contributed by atoms with Gasteiger partial charge in [0.1, 0.15) is 13.2 Å². The predicted molar refractivity (Wildman–Crippen MR) is 77.8 cm³/mol. The molecule has 0 spiro atoms. The Hall–Kier alpha value is -1.74. The topological polar surface area (TPSA) is 46.2 Å². The summed E-state index contributed by atoms with van der Waals surface area (Å²) in [5.41, 5.74) is 0.751. The Morgan fingerprint density at radius 3 is 1.81 bits per heavy atom. The molecule has 0 unspecified atom stereocenters. The van der Waals surface area contributed by atoms with E-state index in [9.17, 15) is 0 Å². The number of fused-ring (bicyclic) bond motifs is 1. The summed E-state index contributed by atoms with van der Waals surface area (Å²) in [5, 5.41) is 0. The van der Waals surface area contributed by atoms with Gasteiger partial charge in [0.05, 0.1) is 39.6 Å². The van der Waals surface area contributed by atoms with Gasteiger partial charge in [-0.2, -0.15) is 0 Å². The van der Waals surface area contributed by atoms with Crippen LogP contribution in [0.2, 0.25) is 0 Å². The molecule has 0 radical (unpaired) electrons. The summed E-state index contributed by atoms with van der Waals surface area (Å²) < 4.78 is 27.5. The Balaban J connectivity index is 1.98. The minimum atomic E-state index is 0.431. The molecule has 0 N–H and O–H groups in total. The van der Waals surface area contributed by atoms with Crippen LogP contribution in [0.5, 0.6) is 11.5 Å². The first-order valence-electron chi connectivity index (χ1n) is 6.99. The van der Waals surface area contributed by atoms with E-state index in [1.165, 1.54) is 0 Å². The van der Waals surface area contributed by atoms with Gasteiger partial charge >= 0.3 is 0 Å². The van der Waals surface area contributed by atoms with Gasteiger partial charge in [0.25, 0.3) is 0 Å². The molecule has 0 aromatic heterocycles. The van der Waals surface area contributed by atoms with Gasteiger partial charge in [-0.05, 0) is 18.2 Å². The molecule has 0 saturated carbocycles. The molecular formula is C16H20O5. The van der Waals surface area contributed by atoms with Crippen LogP contribution in [-0.2, 0) is 14.2 Å². The van der Waals surface area contributed by atoms with Gasteiger partial charge in [0.2, 0.25) is 0 Å². The molecular weight excluding hydrogens is 272 g/mol. The van der Waals surface area contributed by atoms with Crippen LogP contribution in [0.25, 0.3) is 0 Å². The van der Waals surface area contributed by atoms with Crippen molar-refractivity contribution in [3.63, 3.8) is 0 Å². The van der Waals surface area contributed by atoms with E-state index in [0.29, 0.717) is 64.4 Å². The van der Waals surface area contributed by atoms with E-state index < -0.39 is 0 Å². The molecule has 0 aliphatic carbocycles. The first kappa shape index (κ1) is 15.6. The van der Waals surface area contributed by atoms with E-state index in [0.717, 1.165) is 5.56 Å². The highest BCUT2D eigenvalue weighted by Crippen LogP contribution is 2.28. The molecule has 5 heteroatoms. The number of terminal acetylenes is 1. The second-order valence-electron chi connectivity index (χ2n) is 4.34. The Bertz CT molecular complexity index is 466. The minimum absolute atomic E-state index is 0.431. The lowest BCUT2D eigenvalue weighted by Gasteiger charge is -2.13. The van der Waals surface area contributed by atoms with Crippen LogP contribution in [-0.4, -0.2) is 52.9 Å². The average molecular weight is 292 g/mol. The van der Waals surface area contributed by atoms with Gasteiger partial charge in [0, 0.05) is 5.56 Å². The van der Waals surface area contributed by atoms with E-state index in [4.69, 9.17) is 30.1 Å². The Kier molecular flexibility index (Phi) is 6.89. The summed E-state index contributed by atoms with van der Waals surface area (Å²) in [4.78, 5) is 0. The van der Waals surface area contributed by atoms with Crippen LogP contribution in [0.3, 0.4) is 0 Å². The number of ether oxygens (including phenoxy) is 5. The zero-order valence-electron chi connectivity index (χ0n) is 12.0. The fourth-order valence-electron chi connectivity index (χ4n) is 1.79. The predicted octanol–water partition coefficient (Wildman–Crippen LogP) is 1.49. The summed E-state index contributed by atoms with van der Waals surface area (Å²) in [5.74, 6) is 3.86. The van der Waals surface area contributed by atoms with Crippen molar-refractivity contribution in [2.75, 3.05) is 52.9 Å². The molecule has 0 saturated heterocycles. The molecule has 0 atom stereocenters. The van der Waals surface area contributed by atoms with Crippen molar-refractivity contribution in [2.45, 2.75) is 0 Å². The van der Waals surface area contributed by atoms with Crippen LogP contribution in [0.1, 0.15) is 5.56 Å². The lowest BCUT2D eigenvalue weighted by Crippen LogP contribution is -2.13. The van der Waals surface area contributed by atoms with Gasteiger partial charge in [-0.3, -0.25) is 0 Å². The second-order valence-corrected chi connectivity index (χ2v) is 4.34. The minimum Gasteiger partial charge on any atom is -0.487 e. The lowest BCUT2D eigenvalue weighted by molar-refractivity contribution is 0.00708. The van der Waals surface area contributed by atoms with Crippen molar-refractivity contribution in [1.29, 1.82) is 0 Å². The highest BCUT2D eigenvalue weighted by Gasteiger charge is 2.07. The summed E-state index contributed by atoms with van der Waals surface area (Å²) >= 11 is 0. The van der Waals surface area contributed by atoms with Crippen molar-refractivity contribution in [2.24, 2.45) is 0 Å². The smallest absolute Gasteiger partial charge is 0.162 e. The zero-order valence-corrected chi connectivity index (χ0v) is 12.0. The molecule has 2 rings (SSSR count). The van der Waals surface area contributed by atoms with Crippen molar-refractivity contribution < 1.29 is 23.7 Å². The number of hydrogen-bond donors (Lipinski definition) is 0. The summed E-state index contributed by atoms with van der Waals surface area (Å²) in [7, 11) is 0. The van der Waals surface area contributed by atoms with E-state index in [2.05, 4.69) is 5.92 Å². The first-order chi connectivity index (χ1) is 10.4. The van der Waals surface area contributed by atoms with E-state index in [1.807, 2.05) is 12.1 Å². The van der Waals surface area contributed by atoms with Crippen LogP contribution in [0.15, 0.2) is 18.2 Å². The molecule has 0 fully saturated rings. The van der Waals surface area contributed by atoms with Gasteiger partial charge in [-0.25, -0.2) is 0 Å². The molecule has 1 aliphatic rings. The molecule has 1 aromatic rings. The van der Waals surface area contributed by atoms with E-state index in [-0.39, 0.29) is 0 Å². The fourth-order valence-corrected chi connectivity index (χ4v) is 1.79. The van der Waals surface area contributed by atoms with Gasteiger partial charge in [0.15, 0.2) is 11.5 Å². The van der Waals surface area contributed by atoms with Crippen LogP contribution < -0.4 is 9.47 Å². The van der Waals surface area contributed by atoms with E-state index in [1.54, 1.807) is 6.07 Å². The molecule has 5 nitrogen and oxygen atoms in total. The molecule has 0 amide bonds. The highest BCUT2D eigenvalue weighted by molar-refractivity contribution is 5.47. The van der Waals surface area contributed by atoms with Crippen LogP contribution in [0.4, 0.5) is 0 Å². The summed E-state index contributed by atoms with van der Waals surface area (Å²) in [6, 6.07) is 5.42. The van der Waals surface area contributed by atoms with Gasteiger partial charge < -0.3 is 23.7 Å². The number of hydrogen-bond acceptors (Lipinski definition) is 5. The molecule has 1 heterocycles. The maximum Gasteiger partial charge on any atom is 0.162 e. The van der Waals surface area contributed by atoms with E-state index >= 15 is 0 Å². The normalized spacial score (nSPS) is 18.0. The summed E-state index contributed by atoms with van der Waals surface area (Å²) in [6.07, 6.45) is 5.40. The average Bonchev–Trinajstić information content (AvgIpc) is 2.52. The Morgan fingerprint density at radius 2 is 1.24 bits per heavy atom. The fraction of sp³-hybridized carbons (Fsp3) is 0.500. The van der Waals surface area contributed by atoms with Crippen LogP contribution in [0, 0.1) is 12.3 Å². The number of benzene rings is 1. The standard InChI is InChI=1S/C16H20O5/c1-2-14-3-4-15-16(13-14)21-12-10-19-8-6-17-5-7-18-9-11-20-15/h1,3-4,13H,5-12H2. The number of rotatable bonds is 0. The molecule has 21 heavy (non-hydrogen) atoms. The van der Waals surface area contributed by atoms with Crippen molar-refractivity contribution in [3.8, 4) is 23.8 Å². The van der Waals surface area contributed by atoms with Crippen molar-refractivity contribution in [1.82, 2.24) is 0 Å². The second kappa shape index (κ2) is 9.24. The third-order valence-corrected chi connectivity index (χ3v) is 2.82. The lowest BCUT2D eigenvalue weighted by atomic mass is 10.2. The van der Waals surface area contributed by atoms with Gasteiger partial charge in [-0.1, -0.05) is 5.92 Å². The third-order valence-electron chi connectivity index (χ3n) is 2.82. The largest absolute Gasteiger partial charge is 0.487 e. The summed E-state index contributed by atoms with van der Waals surface area (Å²) in [6.45, 7) is 4.05. The van der Waals surface area contributed by atoms with Crippen molar-refractivity contribution in [3.05, 3.63) is 23.8 Å². The Labute approximate surface area is 125 Å². The zero-order chi connectivity index (χ0) is 14.8. The van der Waals surface area contributed by atoms with Crippen molar-refractivity contribution >= 4 is 0 Å². The molecule has 0 bridgehead atoms. The highest BCUT2D eigenvalue weighted by atomic mass is 16.6.